The number of nitrogens with one attached hydrogen (secondary N) is 1. The van der Waals surface area contributed by atoms with Crippen LogP contribution in [0.4, 0.5) is 4.79 Å². The maximum absolute atomic E-state index is 10.8. The van der Waals surface area contributed by atoms with Crippen molar-refractivity contribution in [1.29, 1.82) is 0 Å². The van der Waals surface area contributed by atoms with Crippen molar-refractivity contribution in [3.05, 3.63) is 29.8 Å². The van der Waals surface area contributed by atoms with Crippen molar-refractivity contribution < 1.29 is 9.53 Å². The van der Waals surface area contributed by atoms with Gasteiger partial charge in [0.25, 0.3) is 0 Å². The second-order valence-corrected chi connectivity index (χ2v) is 4.78. The number of alkyl carbamates (subject to hydrolysis) is 1. The Labute approximate surface area is 91.3 Å². The fourth-order valence-corrected chi connectivity index (χ4v) is 1.88. The van der Waals surface area contributed by atoms with Gasteiger partial charge in [0.1, 0.15) is 0 Å². The Balaban J connectivity index is 1.97. The Bertz CT molecular complexity index is 336. The summed E-state index contributed by atoms with van der Waals surface area (Å²) in [6.07, 6.45) is 0.546. The van der Waals surface area contributed by atoms with Crippen molar-refractivity contribution in [2.24, 2.45) is 0 Å². The van der Waals surface area contributed by atoms with E-state index in [0.717, 1.165) is 6.42 Å². The molecular formula is C10H12AsNO2. The van der Waals surface area contributed by atoms with Crippen LogP contribution in [0.25, 0.3) is 0 Å². The van der Waals surface area contributed by atoms with Gasteiger partial charge in [-0.25, -0.2) is 0 Å². The summed E-state index contributed by atoms with van der Waals surface area (Å²) in [5.41, 5.74) is 1.24. The first-order valence-electron chi connectivity index (χ1n) is 4.52. The molecule has 1 fully saturated rings. The van der Waals surface area contributed by atoms with Crippen LogP contribution >= 0.6 is 0 Å². The maximum atomic E-state index is 10.8. The van der Waals surface area contributed by atoms with E-state index in [9.17, 15) is 4.79 Å². The Morgan fingerprint density at radius 3 is 2.71 bits per heavy atom. The molecule has 1 aromatic carbocycles. The number of rotatable bonds is 2. The number of ether oxygens (including phenoxy) is 1. The zero-order valence-corrected chi connectivity index (χ0v) is 10.1. The minimum atomic E-state index is -0.301. The van der Waals surface area contributed by atoms with Crippen LogP contribution in [0.15, 0.2) is 24.3 Å². The molecule has 2 rings (SSSR count). The predicted molar refractivity (Wildman–Crippen MR) is 56.6 cm³/mol. The number of carbonyl (C=O) groups is 1. The third-order valence-electron chi connectivity index (χ3n) is 2.20. The number of hydrogen-bond acceptors (Lipinski definition) is 2. The van der Waals surface area contributed by atoms with Gasteiger partial charge in [0.05, 0.1) is 0 Å². The van der Waals surface area contributed by atoms with Gasteiger partial charge in [0.2, 0.25) is 0 Å². The fourth-order valence-electron chi connectivity index (χ4n) is 1.47. The van der Waals surface area contributed by atoms with Gasteiger partial charge in [-0.3, -0.25) is 0 Å². The first kappa shape index (κ1) is 9.60. The van der Waals surface area contributed by atoms with E-state index < -0.39 is 0 Å². The molecule has 1 unspecified atom stereocenters. The number of hydrogen-bond donors (Lipinski definition) is 1. The molecule has 4 heteroatoms. The molecule has 1 amide bonds. The summed E-state index contributed by atoms with van der Waals surface area (Å²) in [6, 6.07) is 8.54. The normalized spacial score (nSPS) is 20.4. The van der Waals surface area contributed by atoms with Crippen LogP contribution in [-0.2, 0) is 11.2 Å². The molecule has 1 N–H and O–H groups in total. The molecule has 1 saturated heterocycles. The summed E-state index contributed by atoms with van der Waals surface area (Å²) in [6.45, 7) is 0.483. The van der Waals surface area contributed by atoms with E-state index in [4.69, 9.17) is 4.74 Å². The van der Waals surface area contributed by atoms with Crippen LogP contribution in [0.3, 0.4) is 0 Å². The van der Waals surface area contributed by atoms with Crippen molar-refractivity contribution in [2.45, 2.75) is 12.5 Å². The van der Waals surface area contributed by atoms with Gasteiger partial charge in [-0.15, -0.1) is 0 Å². The van der Waals surface area contributed by atoms with Gasteiger partial charge in [-0.1, -0.05) is 0 Å². The number of cyclic esters (lactones) is 1. The van der Waals surface area contributed by atoms with Gasteiger partial charge in [0.15, 0.2) is 0 Å². The number of carbonyl (C=O) groups excluding carboxylic acids is 1. The van der Waals surface area contributed by atoms with Gasteiger partial charge < -0.3 is 0 Å². The zero-order valence-electron chi connectivity index (χ0n) is 7.69. The van der Waals surface area contributed by atoms with E-state index in [0.29, 0.717) is 6.61 Å². The molecule has 0 aromatic heterocycles. The number of amides is 1. The van der Waals surface area contributed by atoms with Gasteiger partial charge in [-0.05, 0) is 0 Å². The van der Waals surface area contributed by atoms with E-state index >= 15 is 0 Å². The average molecular weight is 253 g/mol. The van der Waals surface area contributed by atoms with Crippen LogP contribution in [-0.4, -0.2) is 35.6 Å². The summed E-state index contributed by atoms with van der Waals surface area (Å²) in [5.74, 6) is 0. The van der Waals surface area contributed by atoms with Crippen LogP contribution in [0.5, 0.6) is 0 Å². The molecule has 0 saturated carbocycles. The van der Waals surface area contributed by atoms with Gasteiger partial charge >= 0.3 is 91.0 Å². The van der Waals surface area contributed by atoms with Crippen LogP contribution in [0, 0.1) is 0 Å². The fraction of sp³-hybridized carbons (Fsp3) is 0.300. The van der Waals surface area contributed by atoms with E-state index in [2.05, 4.69) is 29.6 Å². The minimum absolute atomic E-state index is 0.135. The van der Waals surface area contributed by atoms with E-state index in [1.165, 1.54) is 9.91 Å². The first-order valence-corrected chi connectivity index (χ1v) is 5.73. The molecular weight excluding hydrogens is 241 g/mol. The third kappa shape index (κ3) is 2.29. The summed E-state index contributed by atoms with van der Waals surface area (Å²) < 4.78 is 6.13. The monoisotopic (exact) mass is 253 g/mol. The Hall–Kier alpha value is -0.952. The molecule has 0 radical (unpaired) electrons. The summed E-state index contributed by atoms with van der Waals surface area (Å²) in [4.78, 5) is 10.8. The summed E-state index contributed by atoms with van der Waals surface area (Å²) in [7, 11) is 0. The summed E-state index contributed by atoms with van der Waals surface area (Å²) >= 11 is 1.62. The molecule has 1 heterocycles. The molecule has 1 aliphatic heterocycles. The van der Waals surface area contributed by atoms with E-state index in [1.807, 2.05) is 0 Å². The first-order chi connectivity index (χ1) is 6.74. The topological polar surface area (TPSA) is 38.3 Å². The standard InChI is InChI=1S/C10H12AsNO2/c11-8-3-1-7(2-4-8)5-9-6-14-10(13)12-9/h1-4,9H,5-6,11H2,(H,12,13)/t9-/m0/s1. The Kier molecular flexibility index (Phi) is 2.78. The predicted octanol–water partition coefficient (Wildman–Crippen LogP) is -0.404. The SMILES string of the molecule is O=C1N[C@@H](Cc2ccc([AsH2])cc2)CO1. The second-order valence-electron chi connectivity index (χ2n) is 3.39. The molecule has 1 aromatic rings. The molecule has 3 nitrogen and oxygen atoms in total. The van der Waals surface area contributed by atoms with Crippen LogP contribution in [0.2, 0.25) is 0 Å². The Morgan fingerprint density at radius 2 is 2.14 bits per heavy atom. The molecule has 1 aliphatic rings. The van der Waals surface area contributed by atoms with Gasteiger partial charge in [0, 0.05) is 0 Å². The van der Waals surface area contributed by atoms with Crippen LogP contribution in [0.1, 0.15) is 5.56 Å². The van der Waals surface area contributed by atoms with Crippen molar-refractivity contribution in [1.82, 2.24) is 5.32 Å². The van der Waals surface area contributed by atoms with Crippen molar-refractivity contribution in [3.63, 3.8) is 0 Å². The molecule has 0 aliphatic carbocycles. The zero-order chi connectivity index (χ0) is 9.97. The molecule has 14 heavy (non-hydrogen) atoms. The average Bonchev–Trinajstić information content (AvgIpc) is 2.56. The third-order valence-corrected chi connectivity index (χ3v) is 3.01. The van der Waals surface area contributed by atoms with E-state index in [-0.39, 0.29) is 12.1 Å². The number of benzene rings is 1. The van der Waals surface area contributed by atoms with E-state index in [1.54, 1.807) is 16.9 Å². The van der Waals surface area contributed by atoms with Crippen molar-refractivity contribution >= 4 is 27.3 Å². The summed E-state index contributed by atoms with van der Waals surface area (Å²) in [5, 5.41) is 2.76. The molecule has 0 spiro atoms. The molecule has 2 atom stereocenters. The van der Waals surface area contributed by atoms with Crippen molar-refractivity contribution in [3.8, 4) is 0 Å². The molecule has 74 valence electrons. The van der Waals surface area contributed by atoms with Crippen molar-refractivity contribution in [2.75, 3.05) is 6.61 Å². The Morgan fingerprint density at radius 1 is 1.43 bits per heavy atom. The quantitative estimate of drug-likeness (QED) is 0.728. The van der Waals surface area contributed by atoms with Crippen LogP contribution < -0.4 is 9.67 Å². The molecule has 0 bridgehead atoms. The second kappa shape index (κ2) is 4.05. The van der Waals surface area contributed by atoms with Gasteiger partial charge in [-0.2, -0.15) is 0 Å².